The minimum Gasteiger partial charge on any atom is -0.484 e. The molecule has 4 rings (SSSR count). The van der Waals surface area contributed by atoms with Gasteiger partial charge in [0.05, 0.1) is 12.1 Å². The number of allylic oxidation sites excluding steroid dienone is 1. The summed E-state index contributed by atoms with van der Waals surface area (Å²) in [5, 5.41) is 0. The fourth-order valence-electron chi connectivity index (χ4n) is 4.32. The zero-order valence-corrected chi connectivity index (χ0v) is 20.6. The second-order valence-electron chi connectivity index (χ2n) is 8.31. The van der Waals surface area contributed by atoms with Gasteiger partial charge in [-0.3, -0.25) is 14.4 Å². The molecule has 1 saturated heterocycles. The number of rotatable bonds is 8. The predicted molar refractivity (Wildman–Crippen MR) is 135 cm³/mol. The van der Waals surface area contributed by atoms with Gasteiger partial charge in [0.2, 0.25) is 5.91 Å². The SMILES string of the molecule is O=C1CC(N(CCC2=CCCCC2)C(=O)COc2ccccc2)C(=O)N1c1ccc(I)cc1. The van der Waals surface area contributed by atoms with Gasteiger partial charge in [0.1, 0.15) is 11.8 Å². The van der Waals surface area contributed by atoms with Crippen molar-refractivity contribution in [1.29, 1.82) is 0 Å². The first-order valence-electron chi connectivity index (χ1n) is 11.3. The molecular formula is C26H27IN2O4. The molecule has 0 bridgehead atoms. The number of carbonyl (C=O) groups is 3. The standard InChI is InChI=1S/C26H27IN2O4/c27-20-11-13-21(14-12-20)29-24(30)17-23(26(29)32)28(16-15-19-7-3-1-4-8-19)25(31)18-33-22-9-5-2-6-10-22/h2,5-7,9-14,23H,1,3-4,8,15-18H2. The van der Waals surface area contributed by atoms with Gasteiger partial charge in [-0.25, -0.2) is 4.90 Å². The minimum absolute atomic E-state index is 0.0130. The molecule has 6 nitrogen and oxygen atoms in total. The van der Waals surface area contributed by atoms with E-state index >= 15 is 0 Å². The van der Waals surface area contributed by atoms with Crippen LogP contribution in [-0.4, -0.2) is 41.8 Å². The maximum atomic E-state index is 13.3. The summed E-state index contributed by atoms with van der Waals surface area (Å²) in [4.78, 5) is 42.1. The summed E-state index contributed by atoms with van der Waals surface area (Å²) >= 11 is 2.18. The van der Waals surface area contributed by atoms with E-state index in [-0.39, 0.29) is 30.7 Å². The Morgan fingerprint density at radius 1 is 1.06 bits per heavy atom. The largest absolute Gasteiger partial charge is 0.484 e. The van der Waals surface area contributed by atoms with Crippen LogP contribution in [0.3, 0.4) is 0 Å². The van der Waals surface area contributed by atoms with Gasteiger partial charge in [-0.2, -0.15) is 0 Å². The first-order valence-corrected chi connectivity index (χ1v) is 12.4. The van der Waals surface area contributed by atoms with Crippen molar-refractivity contribution in [1.82, 2.24) is 4.90 Å². The molecule has 0 saturated carbocycles. The van der Waals surface area contributed by atoms with Gasteiger partial charge in [-0.05, 0) is 91.1 Å². The highest BCUT2D eigenvalue weighted by Crippen LogP contribution is 2.28. The van der Waals surface area contributed by atoms with E-state index in [2.05, 4.69) is 28.7 Å². The Morgan fingerprint density at radius 2 is 1.82 bits per heavy atom. The van der Waals surface area contributed by atoms with E-state index in [1.165, 1.54) is 16.9 Å². The summed E-state index contributed by atoms with van der Waals surface area (Å²) in [6, 6.07) is 15.5. The topological polar surface area (TPSA) is 66.9 Å². The molecule has 1 unspecified atom stereocenters. The summed E-state index contributed by atoms with van der Waals surface area (Å²) in [7, 11) is 0. The monoisotopic (exact) mass is 558 g/mol. The Labute approximate surface area is 207 Å². The molecule has 2 aliphatic rings. The lowest BCUT2D eigenvalue weighted by atomic mass is 9.97. The number of para-hydroxylation sites is 1. The second kappa shape index (κ2) is 11.0. The second-order valence-corrected chi connectivity index (χ2v) is 9.56. The average Bonchev–Trinajstić information content (AvgIpc) is 3.13. The number of hydrogen-bond acceptors (Lipinski definition) is 4. The molecule has 2 aromatic carbocycles. The first kappa shape index (κ1) is 23.5. The van der Waals surface area contributed by atoms with E-state index < -0.39 is 6.04 Å². The molecule has 0 aromatic heterocycles. The Kier molecular flexibility index (Phi) is 7.80. The van der Waals surface area contributed by atoms with Crippen LogP contribution in [0.2, 0.25) is 0 Å². The van der Waals surface area contributed by atoms with Gasteiger partial charge in [0, 0.05) is 10.1 Å². The number of nitrogens with zero attached hydrogens (tertiary/aromatic N) is 2. The number of carbonyl (C=O) groups excluding carboxylic acids is 3. The fraction of sp³-hybridized carbons (Fsp3) is 0.346. The van der Waals surface area contributed by atoms with E-state index in [9.17, 15) is 14.4 Å². The van der Waals surface area contributed by atoms with Gasteiger partial charge < -0.3 is 9.64 Å². The third-order valence-electron chi connectivity index (χ3n) is 6.07. The average molecular weight is 558 g/mol. The van der Waals surface area contributed by atoms with Crippen molar-refractivity contribution in [2.75, 3.05) is 18.1 Å². The molecule has 1 heterocycles. The summed E-state index contributed by atoms with van der Waals surface area (Å²) in [5.41, 5.74) is 1.85. The lowest BCUT2D eigenvalue weighted by molar-refractivity contribution is -0.140. The molecular weight excluding hydrogens is 531 g/mol. The molecule has 0 spiro atoms. The number of amides is 3. The van der Waals surface area contributed by atoms with Crippen molar-refractivity contribution in [2.24, 2.45) is 0 Å². The number of anilines is 1. The highest BCUT2D eigenvalue weighted by Gasteiger charge is 2.44. The zero-order chi connectivity index (χ0) is 23.2. The third kappa shape index (κ3) is 5.82. The van der Waals surface area contributed by atoms with E-state index in [1.54, 1.807) is 29.2 Å². The van der Waals surface area contributed by atoms with Crippen molar-refractivity contribution < 1.29 is 19.1 Å². The van der Waals surface area contributed by atoms with E-state index in [1.807, 2.05) is 30.3 Å². The molecule has 2 aromatic rings. The third-order valence-corrected chi connectivity index (χ3v) is 6.79. The molecule has 1 aliphatic heterocycles. The van der Waals surface area contributed by atoms with Crippen molar-refractivity contribution in [3.63, 3.8) is 0 Å². The van der Waals surface area contributed by atoms with Gasteiger partial charge in [0.15, 0.2) is 6.61 Å². The maximum Gasteiger partial charge on any atom is 0.261 e. The molecule has 0 N–H and O–H groups in total. The smallest absolute Gasteiger partial charge is 0.261 e. The molecule has 1 fully saturated rings. The van der Waals surface area contributed by atoms with Crippen LogP contribution in [0, 0.1) is 3.57 Å². The van der Waals surface area contributed by atoms with Crippen LogP contribution < -0.4 is 9.64 Å². The Morgan fingerprint density at radius 3 is 2.52 bits per heavy atom. The number of imide groups is 1. The van der Waals surface area contributed by atoms with Crippen LogP contribution in [0.4, 0.5) is 5.69 Å². The van der Waals surface area contributed by atoms with Crippen molar-refractivity contribution in [3.05, 3.63) is 69.8 Å². The zero-order valence-electron chi connectivity index (χ0n) is 18.4. The lowest BCUT2D eigenvalue weighted by Gasteiger charge is -2.28. The van der Waals surface area contributed by atoms with Gasteiger partial charge >= 0.3 is 0 Å². The van der Waals surface area contributed by atoms with E-state index in [0.29, 0.717) is 24.4 Å². The molecule has 1 aliphatic carbocycles. The fourth-order valence-corrected chi connectivity index (χ4v) is 4.68. The lowest BCUT2D eigenvalue weighted by Crippen LogP contribution is -2.47. The molecule has 1 atom stereocenters. The van der Waals surface area contributed by atoms with Crippen molar-refractivity contribution >= 4 is 46.0 Å². The van der Waals surface area contributed by atoms with Gasteiger partial charge in [-0.15, -0.1) is 0 Å². The van der Waals surface area contributed by atoms with Crippen molar-refractivity contribution in [2.45, 2.75) is 44.6 Å². The van der Waals surface area contributed by atoms with Gasteiger partial charge in [0.25, 0.3) is 11.8 Å². The number of hydrogen-bond donors (Lipinski definition) is 0. The summed E-state index contributed by atoms with van der Waals surface area (Å²) in [6.07, 6.45) is 7.36. The summed E-state index contributed by atoms with van der Waals surface area (Å²) < 4.78 is 6.69. The molecule has 0 radical (unpaired) electrons. The highest BCUT2D eigenvalue weighted by molar-refractivity contribution is 14.1. The van der Waals surface area contributed by atoms with E-state index in [4.69, 9.17) is 4.74 Å². The Hall–Kier alpha value is -2.68. The highest BCUT2D eigenvalue weighted by atomic mass is 127. The quantitative estimate of drug-likeness (QED) is 0.267. The van der Waals surface area contributed by atoms with Crippen LogP contribution >= 0.6 is 22.6 Å². The number of benzene rings is 2. The molecule has 172 valence electrons. The number of ether oxygens (including phenoxy) is 1. The van der Waals surface area contributed by atoms with Gasteiger partial charge in [-0.1, -0.05) is 29.8 Å². The van der Waals surface area contributed by atoms with Crippen LogP contribution in [0.5, 0.6) is 5.75 Å². The normalized spacial score (nSPS) is 18.3. The number of halogens is 1. The molecule has 33 heavy (non-hydrogen) atoms. The van der Waals surface area contributed by atoms with Crippen LogP contribution in [0.15, 0.2) is 66.2 Å². The van der Waals surface area contributed by atoms with Crippen LogP contribution in [0.1, 0.15) is 38.5 Å². The van der Waals surface area contributed by atoms with Crippen LogP contribution in [-0.2, 0) is 14.4 Å². The Bertz CT molecular complexity index is 1040. The Balaban J connectivity index is 1.51. The molecule has 3 amide bonds. The summed E-state index contributed by atoms with van der Waals surface area (Å²) in [5.74, 6) is -0.335. The predicted octanol–water partition coefficient (Wildman–Crippen LogP) is 4.72. The minimum atomic E-state index is -0.812. The molecule has 7 heteroatoms. The van der Waals surface area contributed by atoms with Crippen LogP contribution in [0.25, 0.3) is 0 Å². The van der Waals surface area contributed by atoms with E-state index in [0.717, 1.165) is 22.8 Å². The summed E-state index contributed by atoms with van der Waals surface area (Å²) in [6.45, 7) is 0.220. The van der Waals surface area contributed by atoms with Crippen molar-refractivity contribution in [3.8, 4) is 5.75 Å². The maximum absolute atomic E-state index is 13.3. The first-order chi connectivity index (χ1) is 16.0.